The molecule has 0 aliphatic carbocycles. The number of allylic oxidation sites excluding steroid dienone is 1. The molecular formula is C30H26N2O6S. The van der Waals surface area contributed by atoms with E-state index in [1.165, 1.54) is 18.4 Å². The Labute approximate surface area is 228 Å². The Morgan fingerprint density at radius 2 is 1.77 bits per heavy atom. The summed E-state index contributed by atoms with van der Waals surface area (Å²) in [6, 6.07) is 17.5. The van der Waals surface area contributed by atoms with E-state index in [1.807, 2.05) is 36.4 Å². The molecule has 0 saturated heterocycles. The van der Waals surface area contributed by atoms with Gasteiger partial charge in [0.15, 0.2) is 4.80 Å². The molecule has 0 spiro atoms. The van der Waals surface area contributed by atoms with Crippen LogP contribution in [0.4, 0.5) is 0 Å². The third kappa shape index (κ3) is 4.66. The molecule has 5 rings (SSSR count). The van der Waals surface area contributed by atoms with Crippen LogP contribution in [0.15, 0.2) is 81.7 Å². The van der Waals surface area contributed by atoms with Crippen molar-refractivity contribution >= 4 is 40.1 Å². The Kier molecular flexibility index (Phi) is 7.17. The molecule has 0 N–H and O–H groups in total. The summed E-state index contributed by atoms with van der Waals surface area (Å²) in [5, 5.41) is 1.80. The minimum Gasteiger partial charge on any atom is -0.496 e. The van der Waals surface area contributed by atoms with E-state index in [0.717, 1.165) is 16.3 Å². The first-order chi connectivity index (χ1) is 18.9. The molecule has 1 atom stereocenters. The Morgan fingerprint density at radius 1 is 1.03 bits per heavy atom. The average Bonchev–Trinajstić information content (AvgIpc) is 3.25. The zero-order valence-electron chi connectivity index (χ0n) is 21.9. The molecule has 3 aromatic carbocycles. The van der Waals surface area contributed by atoms with Gasteiger partial charge < -0.3 is 14.2 Å². The fourth-order valence-corrected chi connectivity index (χ4v) is 5.83. The zero-order chi connectivity index (χ0) is 27.7. The number of fused-ring (bicyclic) bond motifs is 2. The van der Waals surface area contributed by atoms with Crippen LogP contribution in [0.5, 0.6) is 5.75 Å². The highest BCUT2D eigenvalue weighted by Gasteiger charge is 2.36. The molecule has 1 aromatic heterocycles. The van der Waals surface area contributed by atoms with E-state index in [4.69, 9.17) is 14.2 Å². The number of carbonyl (C=O) groups is 2. The molecule has 0 radical (unpaired) electrons. The third-order valence-electron chi connectivity index (χ3n) is 6.57. The Balaban J connectivity index is 1.77. The Morgan fingerprint density at radius 3 is 2.46 bits per heavy atom. The van der Waals surface area contributed by atoms with Gasteiger partial charge in [0.2, 0.25) is 0 Å². The zero-order valence-corrected chi connectivity index (χ0v) is 22.7. The fourth-order valence-electron chi connectivity index (χ4n) is 4.78. The molecule has 2 heterocycles. The second-order valence-corrected chi connectivity index (χ2v) is 9.83. The second-order valence-electron chi connectivity index (χ2n) is 8.82. The van der Waals surface area contributed by atoms with Crippen LogP contribution in [-0.2, 0) is 14.3 Å². The van der Waals surface area contributed by atoms with Crippen molar-refractivity contribution in [2.24, 2.45) is 4.99 Å². The van der Waals surface area contributed by atoms with Gasteiger partial charge in [-0.3, -0.25) is 9.36 Å². The van der Waals surface area contributed by atoms with E-state index in [-0.39, 0.29) is 17.7 Å². The first-order valence-corrected chi connectivity index (χ1v) is 13.1. The lowest BCUT2D eigenvalue weighted by atomic mass is 9.90. The van der Waals surface area contributed by atoms with Gasteiger partial charge in [-0.15, -0.1) is 0 Å². The van der Waals surface area contributed by atoms with Crippen LogP contribution < -0.4 is 19.6 Å². The number of hydrogen-bond donors (Lipinski definition) is 0. The van der Waals surface area contributed by atoms with Crippen LogP contribution in [0.1, 0.15) is 41.4 Å². The molecule has 1 unspecified atom stereocenters. The van der Waals surface area contributed by atoms with Gasteiger partial charge in [0.1, 0.15) is 11.8 Å². The Bertz CT molecular complexity index is 1810. The summed E-state index contributed by atoms with van der Waals surface area (Å²) >= 11 is 1.23. The standard InChI is InChI=1S/C30H26N2O6S/c1-5-38-29(35)24-17(2)31-30-32(26(24)25-21-9-7-6-8-19(21)14-15-22(25)36-3)27(33)23(39-30)16-18-10-12-20(13-11-18)28(34)37-4/h6-16,26H,5H2,1-4H3/b23-16+. The minimum atomic E-state index is -0.815. The lowest BCUT2D eigenvalue weighted by molar-refractivity contribution is -0.139. The van der Waals surface area contributed by atoms with Gasteiger partial charge in [-0.25, -0.2) is 14.6 Å². The van der Waals surface area contributed by atoms with Crippen molar-refractivity contribution in [2.45, 2.75) is 19.9 Å². The predicted octanol–water partition coefficient (Wildman–Crippen LogP) is 3.75. The summed E-state index contributed by atoms with van der Waals surface area (Å²) in [4.78, 5) is 44.2. The second kappa shape index (κ2) is 10.7. The summed E-state index contributed by atoms with van der Waals surface area (Å²) in [6.45, 7) is 3.67. The van der Waals surface area contributed by atoms with E-state index < -0.39 is 18.0 Å². The van der Waals surface area contributed by atoms with Gasteiger partial charge in [0, 0.05) is 5.56 Å². The molecule has 9 heteroatoms. The van der Waals surface area contributed by atoms with Crippen LogP contribution in [0, 0.1) is 0 Å². The molecule has 1 aliphatic rings. The fraction of sp³-hybridized carbons (Fsp3) is 0.200. The summed E-state index contributed by atoms with van der Waals surface area (Å²) in [6.07, 6.45) is 1.74. The molecule has 4 aromatic rings. The van der Waals surface area contributed by atoms with Gasteiger partial charge in [-0.05, 0) is 54.5 Å². The average molecular weight is 543 g/mol. The number of benzene rings is 3. The summed E-state index contributed by atoms with van der Waals surface area (Å²) in [7, 11) is 2.89. The summed E-state index contributed by atoms with van der Waals surface area (Å²) in [5.41, 5.74) is 2.28. The van der Waals surface area contributed by atoms with Crippen molar-refractivity contribution in [2.75, 3.05) is 20.8 Å². The van der Waals surface area contributed by atoms with Crippen LogP contribution in [0.25, 0.3) is 16.8 Å². The van der Waals surface area contributed by atoms with E-state index >= 15 is 0 Å². The molecular weight excluding hydrogens is 516 g/mol. The van der Waals surface area contributed by atoms with Crippen LogP contribution in [-0.4, -0.2) is 37.3 Å². The van der Waals surface area contributed by atoms with Crippen molar-refractivity contribution in [1.29, 1.82) is 0 Å². The monoisotopic (exact) mass is 542 g/mol. The number of ether oxygens (including phenoxy) is 3. The van der Waals surface area contributed by atoms with Crippen LogP contribution in [0.2, 0.25) is 0 Å². The van der Waals surface area contributed by atoms with Crippen molar-refractivity contribution in [3.8, 4) is 5.75 Å². The maximum absolute atomic E-state index is 14.0. The lowest BCUT2D eigenvalue weighted by Gasteiger charge is -2.27. The lowest BCUT2D eigenvalue weighted by Crippen LogP contribution is -2.40. The van der Waals surface area contributed by atoms with E-state index in [9.17, 15) is 14.4 Å². The maximum atomic E-state index is 14.0. The van der Waals surface area contributed by atoms with E-state index in [0.29, 0.717) is 31.9 Å². The quantitative estimate of drug-likeness (QED) is 0.345. The highest BCUT2D eigenvalue weighted by Crippen LogP contribution is 2.40. The molecule has 198 valence electrons. The topological polar surface area (TPSA) is 96.2 Å². The number of aromatic nitrogens is 1. The first kappa shape index (κ1) is 26.1. The van der Waals surface area contributed by atoms with Gasteiger partial charge >= 0.3 is 11.9 Å². The maximum Gasteiger partial charge on any atom is 0.338 e. The highest BCUT2D eigenvalue weighted by atomic mass is 32.1. The molecule has 0 amide bonds. The van der Waals surface area contributed by atoms with Crippen molar-refractivity contribution < 1.29 is 23.8 Å². The van der Waals surface area contributed by atoms with Gasteiger partial charge in [-0.1, -0.05) is 53.8 Å². The highest BCUT2D eigenvalue weighted by molar-refractivity contribution is 7.07. The Hall–Kier alpha value is -4.50. The number of thiazole rings is 1. The number of rotatable bonds is 6. The number of carbonyl (C=O) groups excluding carboxylic acids is 2. The summed E-state index contributed by atoms with van der Waals surface area (Å²) < 4.78 is 17.9. The molecule has 39 heavy (non-hydrogen) atoms. The van der Waals surface area contributed by atoms with E-state index in [1.54, 1.807) is 55.9 Å². The third-order valence-corrected chi connectivity index (χ3v) is 7.55. The first-order valence-electron chi connectivity index (χ1n) is 12.3. The predicted molar refractivity (Wildman–Crippen MR) is 149 cm³/mol. The SMILES string of the molecule is CCOC(=O)C1=C(C)N=c2s/c(=C/c3ccc(C(=O)OC)cc3)c(=O)n2C1c1c(OC)ccc2ccccc12. The van der Waals surface area contributed by atoms with Gasteiger partial charge in [0.05, 0.1) is 42.2 Å². The smallest absolute Gasteiger partial charge is 0.338 e. The number of methoxy groups -OCH3 is 2. The molecule has 8 nitrogen and oxygen atoms in total. The number of nitrogens with zero attached hydrogens (tertiary/aromatic N) is 2. The summed E-state index contributed by atoms with van der Waals surface area (Å²) in [5.74, 6) is -0.429. The van der Waals surface area contributed by atoms with Crippen LogP contribution in [0.3, 0.4) is 0 Å². The molecule has 0 saturated carbocycles. The van der Waals surface area contributed by atoms with Crippen LogP contribution >= 0.6 is 11.3 Å². The number of hydrogen-bond acceptors (Lipinski definition) is 8. The molecule has 0 bridgehead atoms. The van der Waals surface area contributed by atoms with Gasteiger partial charge in [0.25, 0.3) is 5.56 Å². The van der Waals surface area contributed by atoms with Crippen molar-refractivity contribution in [3.63, 3.8) is 0 Å². The number of esters is 2. The van der Waals surface area contributed by atoms with Crippen molar-refractivity contribution in [3.05, 3.63) is 108 Å². The normalized spacial score (nSPS) is 15.1. The largest absolute Gasteiger partial charge is 0.496 e. The van der Waals surface area contributed by atoms with E-state index in [2.05, 4.69) is 4.99 Å². The minimum absolute atomic E-state index is 0.182. The van der Waals surface area contributed by atoms with Gasteiger partial charge in [-0.2, -0.15) is 0 Å². The van der Waals surface area contributed by atoms with Crippen molar-refractivity contribution in [1.82, 2.24) is 4.57 Å². The molecule has 1 aliphatic heterocycles. The molecule has 0 fully saturated rings.